The second-order valence-electron chi connectivity index (χ2n) is 4.69. The minimum absolute atomic E-state index is 0.249. The Balaban J connectivity index is 1.84. The zero-order chi connectivity index (χ0) is 17.4. The second-order valence-corrected chi connectivity index (χ2v) is 4.69. The lowest BCUT2D eigenvalue weighted by Crippen LogP contribution is -2.39. The van der Waals surface area contributed by atoms with Gasteiger partial charge in [-0.15, -0.1) is 0 Å². The van der Waals surface area contributed by atoms with Crippen molar-refractivity contribution in [1.29, 1.82) is 0 Å². The third-order valence-electron chi connectivity index (χ3n) is 2.95. The monoisotopic (exact) mass is 328 g/mol. The molecule has 2 N–H and O–H groups in total. The summed E-state index contributed by atoms with van der Waals surface area (Å²) in [7, 11) is 0. The molecule has 0 unspecified atom stereocenters. The maximum atomic E-state index is 13.4. The topological polar surface area (TPSA) is 58.2 Å². The highest BCUT2D eigenvalue weighted by Crippen LogP contribution is 2.08. The van der Waals surface area contributed by atoms with E-state index in [9.17, 15) is 18.4 Å². The first-order chi connectivity index (χ1) is 11.6. The summed E-state index contributed by atoms with van der Waals surface area (Å²) in [5.41, 5.74) is 4.76. The van der Waals surface area contributed by atoms with Crippen LogP contribution in [0.15, 0.2) is 60.7 Å². The largest absolute Gasteiger partial charge is 0.268 e. The summed E-state index contributed by atoms with van der Waals surface area (Å²) in [6.45, 7) is 0. The van der Waals surface area contributed by atoms with Crippen LogP contribution in [0.25, 0.3) is 12.2 Å². The lowest BCUT2D eigenvalue weighted by atomic mass is 10.2. The Morgan fingerprint density at radius 1 is 0.708 bits per heavy atom. The minimum Gasteiger partial charge on any atom is -0.268 e. The number of hydrazine groups is 1. The van der Waals surface area contributed by atoms with Crippen LogP contribution in [-0.4, -0.2) is 11.8 Å². The third kappa shape index (κ3) is 5.17. The molecule has 0 saturated carbocycles. The first-order valence-corrected chi connectivity index (χ1v) is 7.01. The van der Waals surface area contributed by atoms with Crippen LogP contribution in [0.3, 0.4) is 0 Å². The van der Waals surface area contributed by atoms with E-state index in [2.05, 4.69) is 10.9 Å². The van der Waals surface area contributed by atoms with Crippen LogP contribution < -0.4 is 10.9 Å². The number of halogens is 2. The molecule has 0 bridgehead atoms. The van der Waals surface area contributed by atoms with Gasteiger partial charge in [-0.25, -0.2) is 8.78 Å². The molecule has 0 radical (unpaired) electrons. The number of rotatable bonds is 4. The number of carbonyl (C=O) groups excluding carboxylic acids is 2. The van der Waals surface area contributed by atoms with Gasteiger partial charge in [-0.1, -0.05) is 36.4 Å². The van der Waals surface area contributed by atoms with Crippen LogP contribution in [0.2, 0.25) is 0 Å². The summed E-state index contributed by atoms with van der Waals surface area (Å²) in [6.07, 6.45) is 4.73. The third-order valence-corrected chi connectivity index (χ3v) is 2.95. The number of hydrogen-bond acceptors (Lipinski definition) is 2. The van der Waals surface area contributed by atoms with Gasteiger partial charge < -0.3 is 0 Å². The number of carbonyl (C=O) groups is 2. The maximum absolute atomic E-state index is 13.4. The van der Waals surface area contributed by atoms with Crippen molar-refractivity contribution in [3.05, 3.63) is 83.4 Å². The normalized spacial score (nSPS) is 10.9. The van der Waals surface area contributed by atoms with Crippen LogP contribution in [0, 0.1) is 11.6 Å². The van der Waals surface area contributed by atoms with E-state index >= 15 is 0 Å². The van der Waals surface area contributed by atoms with Crippen molar-refractivity contribution in [3.8, 4) is 0 Å². The van der Waals surface area contributed by atoms with Gasteiger partial charge >= 0.3 is 0 Å². The molecule has 2 rings (SSSR count). The predicted octanol–water partition coefficient (Wildman–Crippen LogP) is 2.84. The van der Waals surface area contributed by atoms with E-state index in [-0.39, 0.29) is 11.1 Å². The van der Waals surface area contributed by atoms with Gasteiger partial charge in [0.15, 0.2) is 0 Å². The van der Waals surface area contributed by atoms with Gasteiger partial charge in [0, 0.05) is 23.3 Å². The molecule has 4 nitrogen and oxygen atoms in total. The molecule has 0 aliphatic rings. The summed E-state index contributed by atoms with van der Waals surface area (Å²) in [5, 5.41) is 0. The summed E-state index contributed by atoms with van der Waals surface area (Å²) in [5.74, 6) is -2.19. The number of amides is 2. The Bertz CT molecular complexity index is 734. The van der Waals surface area contributed by atoms with Gasteiger partial charge in [-0.2, -0.15) is 0 Å². The number of hydrogen-bond donors (Lipinski definition) is 2. The van der Waals surface area contributed by atoms with Gasteiger partial charge in [0.25, 0.3) is 11.8 Å². The summed E-state index contributed by atoms with van der Waals surface area (Å²) >= 11 is 0. The minimum atomic E-state index is -0.633. The Morgan fingerprint density at radius 2 is 1.08 bits per heavy atom. The molecule has 122 valence electrons. The van der Waals surface area contributed by atoms with E-state index in [1.54, 1.807) is 12.1 Å². The Labute approximate surface area is 137 Å². The molecule has 0 atom stereocenters. The highest BCUT2D eigenvalue weighted by Gasteiger charge is 2.01. The Morgan fingerprint density at radius 3 is 1.46 bits per heavy atom. The maximum Gasteiger partial charge on any atom is 0.262 e. The van der Waals surface area contributed by atoms with Crippen LogP contribution in [0.5, 0.6) is 0 Å². The highest BCUT2D eigenvalue weighted by molar-refractivity contribution is 5.96. The standard InChI is InChI=1S/C18H14F2N2O2/c19-15-7-3-1-5-13(15)9-11-17(23)21-22-18(24)12-10-14-6-2-4-8-16(14)20/h1-12H,(H,21,23)(H,22,24)/b11-9+,12-10+. The van der Waals surface area contributed by atoms with Gasteiger partial charge in [-0.05, 0) is 24.3 Å². The van der Waals surface area contributed by atoms with E-state index in [4.69, 9.17) is 0 Å². The van der Waals surface area contributed by atoms with E-state index in [0.717, 1.165) is 12.2 Å². The average molecular weight is 328 g/mol. The average Bonchev–Trinajstić information content (AvgIpc) is 2.58. The fraction of sp³-hybridized carbons (Fsp3) is 0. The molecule has 0 aromatic heterocycles. The molecular weight excluding hydrogens is 314 g/mol. The van der Waals surface area contributed by atoms with E-state index < -0.39 is 23.4 Å². The SMILES string of the molecule is O=C(/C=C/c1ccccc1F)NNC(=O)/C=C/c1ccccc1F. The lowest BCUT2D eigenvalue weighted by Gasteiger charge is -2.02. The van der Waals surface area contributed by atoms with Crippen molar-refractivity contribution >= 4 is 24.0 Å². The summed E-state index contributed by atoms with van der Waals surface area (Å²) < 4.78 is 26.7. The molecule has 2 amide bonds. The summed E-state index contributed by atoms with van der Waals surface area (Å²) in [4.78, 5) is 23.1. The fourth-order valence-corrected chi connectivity index (χ4v) is 1.76. The van der Waals surface area contributed by atoms with Crippen molar-refractivity contribution in [1.82, 2.24) is 10.9 Å². The van der Waals surface area contributed by atoms with Crippen molar-refractivity contribution < 1.29 is 18.4 Å². The smallest absolute Gasteiger partial charge is 0.262 e. The van der Waals surface area contributed by atoms with Crippen LogP contribution in [0.1, 0.15) is 11.1 Å². The van der Waals surface area contributed by atoms with E-state index in [1.807, 2.05) is 0 Å². The quantitative estimate of drug-likeness (QED) is 0.670. The molecule has 2 aromatic carbocycles. The molecule has 0 saturated heterocycles. The predicted molar refractivity (Wildman–Crippen MR) is 87.2 cm³/mol. The van der Waals surface area contributed by atoms with Crippen molar-refractivity contribution in [2.75, 3.05) is 0 Å². The molecule has 6 heteroatoms. The molecular formula is C18H14F2N2O2. The Hall–Kier alpha value is -3.28. The molecule has 0 fully saturated rings. The zero-order valence-electron chi connectivity index (χ0n) is 12.5. The molecule has 0 aliphatic carbocycles. The van der Waals surface area contributed by atoms with Gasteiger partial charge in [0.05, 0.1) is 0 Å². The van der Waals surface area contributed by atoms with Crippen molar-refractivity contribution in [2.45, 2.75) is 0 Å². The van der Waals surface area contributed by atoms with E-state index in [0.29, 0.717) is 0 Å². The van der Waals surface area contributed by atoms with Crippen LogP contribution >= 0.6 is 0 Å². The lowest BCUT2D eigenvalue weighted by molar-refractivity contribution is -0.123. The van der Waals surface area contributed by atoms with Crippen molar-refractivity contribution in [3.63, 3.8) is 0 Å². The van der Waals surface area contributed by atoms with Crippen LogP contribution in [0.4, 0.5) is 8.78 Å². The Kier molecular flexibility index (Phi) is 5.96. The van der Waals surface area contributed by atoms with Gasteiger partial charge in [0.2, 0.25) is 0 Å². The second kappa shape index (κ2) is 8.38. The van der Waals surface area contributed by atoms with Crippen molar-refractivity contribution in [2.24, 2.45) is 0 Å². The van der Waals surface area contributed by atoms with Crippen LogP contribution in [-0.2, 0) is 9.59 Å². The zero-order valence-corrected chi connectivity index (χ0v) is 12.5. The molecule has 0 spiro atoms. The molecule has 0 heterocycles. The highest BCUT2D eigenvalue weighted by atomic mass is 19.1. The van der Waals surface area contributed by atoms with E-state index in [1.165, 1.54) is 48.6 Å². The fourth-order valence-electron chi connectivity index (χ4n) is 1.76. The van der Waals surface area contributed by atoms with Gasteiger partial charge in [-0.3, -0.25) is 20.4 Å². The number of nitrogens with one attached hydrogen (secondary N) is 2. The summed E-state index contributed by atoms with van der Waals surface area (Å²) in [6, 6.07) is 11.9. The molecule has 0 aliphatic heterocycles. The first-order valence-electron chi connectivity index (χ1n) is 7.01. The number of benzene rings is 2. The molecule has 24 heavy (non-hydrogen) atoms. The van der Waals surface area contributed by atoms with Gasteiger partial charge in [0.1, 0.15) is 11.6 Å². The molecule has 2 aromatic rings. The first kappa shape index (κ1) is 17.1.